The summed E-state index contributed by atoms with van der Waals surface area (Å²) in [4.78, 5) is 2.03. The molecular formula is C13H21NO2. The summed E-state index contributed by atoms with van der Waals surface area (Å²) in [6.07, 6.45) is 0. The van der Waals surface area contributed by atoms with Gasteiger partial charge in [-0.05, 0) is 37.5 Å². The molecule has 1 rings (SSSR count). The van der Waals surface area contributed by atoms with Crippen LogP contribution in [0.1, 0.15) is 16.7 Å². The van der Waals surface area contributed by atoms with Gasteiger partial charge in [-0.2, -0.15) is 0 Å². The topological polar surface area (TPSA) is 32.7 Å². The summed E-state index contributed by atoms with van der Waals surface area (Å²) in [7, 11) is 3.66. The maximum atomic E-state index is 8.99. The monoisotopic (exact) mass is 223 g/mol. The number of aliphatic hydroxyl groups is 1. The Bertz CT molecular complexity index is 375. The molecule has 0 unspecified atom stereocenters. The quantitative estimate of drug-likeness (QED) is 0.848. The second-order valence-electron chi connectivity index (χ2n) is 4.16. The SMILES string of the molecule is COc1c(C)c(C)cc(C)c1N(C)CCO. The van der Waals surface area contributed by atoms with Crippen molar-refractivity contribution in [2.45, 2.75) is 20.8 Å². The highest BCUT2D eigenvalue weighted by molar-refractivity contribution is 5.67. The third kappa shape index (κ3) is 2.30. The molecule has 90 valence electrons. The fourth-order valence-corrected chi connectivity index (χ4v) is 2.02. The van der Waals surface area contributed by atoms with Crippen LogP contribution in [0.3, 0.4) is 0 Å². The fourth-order valence-electron chi connectivity index (χ4n) is 2.02. The predicted molar refractivity (Wildman–Crippen MR) is 67.6 cm³/mol. The lowest BCUT2D eigenvalue weighted by Crippen LogP contribution is -2.23. The van der Waals surface area contributed by atoms with Crippen molar-refractivity contribution in [1.82, 2.24) is 0 Å². The lowest BCUT2D eigenvalue weighted by molar-refractivity contribution is 0.303. The Morgan fingerprint density at radius 3 is 2.38 bits per heavy atom. The molecule has 0 heterocycles. The third-order valence-corrected chi connectivity index (χ3v) is 2.97. The minimum absolute atomic E-state index is 0.145. The summed E-state index contributed by atoms with van der Waals surface area (Å²) in [5, 5.41) is 8.99. The van der Waals surface area contributed by atoms with Crippen LogP contribution in [0.25, 0.3) is 0 Å². The molecule has 0 saturated carbocycles. The highest BCUT2D eigenvalue weighted by atomic mass is 16.5. The molecule has 3 nitrogen and oxygen atoms in total. The van der Waals surface area contributed by atoms with E-state index in [4.69, 9.17) is 9.84 Å². The minimum atomic E-state index is 0.145. The van der Waals surface area contributed by atoms with Crippen LogP contribution in [0.5, 0.6) is 5.75 Å². The molecule has 1 aromatic carbocycles. The number of hydrogen-bond acceptors (Lipinski definition) is 3. The zero-order valence-electron chi connectivity index (χ0n) is 10.8. The van der Waals surface area contributed by atoms with Crippen LogP contribution in [-0.2, 0) is 0 Å². The first-order chi connectivity index (χ1) is 7.52. The molecule has 0 aromatic heterocycles. The minimum Gasteiger partial charge on any atom is -0.494 e. The molecule has 0 saturated heterocycles. The van der Waals surface area contributed by atoms with Crippen molar-refractivity contribution in [3.05, 3.63) is 22.8 Å². The number of hydrogen-bond donors (Lipinski definition) is 1. The Morgan fingerprint density at radius 2 is 1.88 bits per heavy atom. The van der Waals surface area contributed by atoms with Gasteiger partial charge < -0.3 is 14.7 Å². The highest BCUT2D eigenvalue weighted by Crippen LogP contribution is 2.36. The van der Waals surface area contributed by atoms with Gasteiger partial charge in [0.05, 0.1) is 19.4 Å². The van der Waals surface area contributed by atoms with E-state index < -0.39 is 0 Å². The third-order valence-electron chi connectivity index (χ3n) is 2.97. The van der Waals surface area contributed by atoms with E-state index in [2.05, 4.69) is 26.8 Å². The maximum absolute atomic E-state index is 8.99. The first kappa shape index (κ1) is 12.8. The number of aryl methyl sites for hydroxylation is 2. The second kappa shape index (κ2) is 5.21. The molecule has 0 atom stereocenters. The van der Waals surface area contributed by atoms with Gasteiger partial charge in [-0.1, -0.05) is 6.07 Å². The summed E-state index contributed by atoms with van der Waals surface area (Å²) < 4.78 is 5.48. The van der Waals surface area contributed by atoms with Gasteiger partial charge in [0, 0.05) is 13.6 Å². The molecule has 0 aliphatic rings. The largest absolute Gasteiger partial charge is 0.494 e. The number of anilines is 1. The second-order valence-corrected chi connectivity index (χ2v) is 4.16. The van der Waals surface area contributed by atoms with Gasteiger partial charge in [-0.15, -0.1) is 0 Å². The van der Waals surface area contributed by atoms with Gasteiger partial charge in [0.15, 0.2) is 0 Å². The van der Waals surface area contributed by atoms with E-state index in [0.29, 0.717) is 6.54 Å². The van der Waals surface area contributed by atoms with Crippen LogP contribution in [0, 0.1) is 20.8 Å². The van der Waals surface area contributed by atoms with E-state index in [1.54, 1.807) is 7.11 Å². The molecule has 0 bridgehead atoms. The Hall–Kier alpha value is -1.22. The van der Waals surface area contributed by atoms with Crippen LogP contribution < -0.4 is 9.64 Å². The van der Waals surface area contributed by atoms with Gasteiger partial charge in [0.25, 0.3) is 0 Å². The maximum Gasteiger partial charge on any atom is 0.145 e. The van der Waals surface area contributed by atoms with Crippen molar-refractivity contribution in [1.29, 1.82) is 0 Å². The summed E-state index contributed by atoms with van der Waals surface area (Å²) >= 11 is 0. The lowest BCUT2D eigenvalue weighted by atomic mass is 10.0. The van der Waals surface area contributed by atoms with Crippen LogP contribution >= 0.6 is 0 Å². The Morgan fingerprint density at radius 1 is 1.25 bits per heavy atom. The Kier molecular flexibility index (Phi) is 4.19. The Labute approximate surface area is 97.7 Å². The molecule has 0 spiro atoms. The number of rotatable bonds is 4. The number of methoxy groups -OCH3 is 1. The average Bonchev–Trinajstić information content (AvgIpc) is 2.23. The summed E-state index contributed by atoms with van der Waals surface area (Å²) in [5.41, 5.74) is 4.64. The molecule has 0 radical (unpaired) electrons. The van der Waals surface area contributed by atoms with Gasteiger partial charge >= 0.3 is 0 Å². The summed E-state index contributed by atoms with van der Waals surface area (Å²) in [6.45, 7) is 6.97. The van der Waals surface area contributed by atoms with E-state index >= 15 is 0 Å². The van der Waals surface area contributed by atoms with Crippen LogP contribution in [-0.4, -0.2) is 32.4 Å². The highest BCUT2D eigenvalue weighted by Gasteiger charge is 2.15. The smallest absolute Gasteiger partial charge is 0.145 e. The van der Waals surface area contributed by atoms with Crippen LogP contribution in [0.4, 0.5) is 5.69 Å². The van der Waals surface area contributed by atoms with Crippen molar-refractivity contribution in [2.24, 2.45) is 0 Å². The zero-order valence-corrected chi connectivity index (χ0v) is 10.8. The number of ether oxygens (including phenoxy) is 1. The summed E-state index contributed by atoms with van der Waals surface area (Å²) in [6, 6.07) is 2.15. The van der Waals surface area contributed by atoms with E-state index in [0.717, 1.165) is 17.0 Å². The average molecular weight is 223 g/mol. The number of likely N-dealkylation sites (N-methyl/N-ethyl adjacent to an activating group) is 1. The molecule has 16 heavy (non-hydrogen) atoms. The normalized spacial score (nSPS) is 10.4. The van der Waals surface area contributed by atoms with Gasteiger partial charge in [-0.25, -0.2) is 0 Å². The molecule has 1 aromatic rings. The van der Waals surface area contributed by atoms with Gasteiger partial charge in [0.2, 0.25) is 0 Å². The molecular weight excluding hydrogens is 202 g/mol. The van der Waals surface area contributed by atoms with Crippen molar-refractivity contribution in [3.63, 3.8) is 0 Å². The molecule has 0 aliphatic carbocycles. The first-order valence-corrected chi connectivity index (χ1v) is 5.49. The molecule has 3 heteroatoms. The number of nitrogens with zero attached hydrogens (tertiary/aromatic N) is 1. The fraction of sp³-hybridized carbons (Fsp3) is 0.538. The van der Waals surface area contributed by atoms with Crippen molar-refractivity contribution < 1.29 is 9.84 Å². The Balaban J connectivity index is 3.30. The van der Waals surface area contributed by atoms with Crippen LogP contribution in [0.2, 0.25) is 0 Å². The van der Waals surface area contributed by atoms with E-state index in [1.807, 2.05) is 11.9 Å². The number of benzene rings is 1. The van der Waals surface area contributed by atoms with Crippen molar-refractivity contribution in [3.8, 4) is 5.75 Å². The van der Waals surface area contributed by atoms with E-state index in [1.165, 1.54) is 11.1 Å². The predicted octanol–water partition coefficient (Wildman–Crippen LogP) is 2.05. The standard InChI is InChI=1S/C13H21NO2/c1-9-8-10(2)12(14(4)6-7-15)13(16-5)11(9)3/h8,15H,6-7H2,1-5H3. The van der Waals surface area contributed by atoms with Crippen molar-refractivity contribution >= 4 is 5.69 Å². The summed E-state index contributed by atoms with van der Waals surface area (Å²) in [5.74, 6) is 0.911. The molecule has 0 aliphatic heterocycles. The van der Waals surface area contributed by atoms with Crippen molar-refractivity contribution in [2.75, 3.05) is 32.2 Å². The zero-order chi connectivity index (χ0) is 12.3. The lowest BCUT2D eigenvalue weighted by Gasteiger charge is -2.25. The van der Waals surface area contributed by atoms with Gasteiger partial charge in [-0.3, -0.25) is 0 Å². The number of aliphatic hydroxyl groups excluding tert-OH is 1. The van der Waals surface area contributed by atoms with E-state index in [9.17, 15) is 0 Å². The molecule has 1 N–H and O–H groups in total. The first-order valence-electron chi connectivity index (χ1n) is 5.49. The molecule has 0 amide bonds. The molecule has 0 fully saturated rings. The van der Waals surface area contributed by atoms with Crippen LogP contribution in [0.15, 0.2) is 6.07 Å². The van der Waals surface area contributed by atoms with E-state index in [-0.39, 0.29) is 6.61 Å². The van der Waals surface area contributed by atoms with Gasteiger partial charge in [0.1, 0.15) is 5.75 Å².